The van der Waals surface area contributed by atoms with Crippen molar-refractivity contribution < 1.29 is 9.47 Å². The molecule has 1 saturated heterocycles. The zero-order valence-electron chi connectivity index (χ0n) is 14.7. The Morgan fingerprint density at radius 2 is 1.91 bits per heavy atom. The van der Waals surface area contributed by atoms with E-state index in [1.807, 2.05) is 0 Å². The maximum Gasteiger partial charge on any atom is 0.122 e. The van der Waals surface area contributed by atoms with Gasteiger partial charge in [0.05, 0.1) is 13.2 Å². The molecule has 0 amide bonds. The molecular formula is C19H31NO2. The predicted molar refractivity (Wildman–Crippen MR) is 91.9 cm³/mol. The summed E-state index contributed by atoms with van der Waals surface area (Å²) in [5.74, 6) is 0.991. The lowest BCUT2D eigenvalue weighted by Crippen LogP contribution is -2.39. The quantitative estimate of drug-likeness (QED) is 0.714. The summed E-state index contributed by atoms with van der Waals surface area (Å²) in [5.41, 5.74) is 3.76. The summed E-state index contributed by atoms with van der Waals surface area (Å²) in [7, 11) is 0. The van der Waals surface area contributed by atoms with Crippen molar-refractivity contribution in [2.75, 3.05) is 32.9 Å². The van der Waals surface area contributed by atoms with Gasteiger partial charge in [0.2, 0.25) is 0 Å². The lowest BCUT2D eigenvalue weighted by atomic mass is 10.0. The summed E-state index contributed by atoms with van der Waals surface area (Å²) in [4.78, 5) is 2.54. The molecule has 3 nitrogen and oxygen atoms in total. The third-order valence-corrected chi connectivity index (χ3v) is 4.71. The first-order valence-electron chi connectivity index (χ1n) is 8.60. The van der Waals surface area contributed by atoms with E-state index in [9.17, 15) is 0 Å². The first-order chi connectivity index (χ1) is 10.6. The average Bonchev–Trinajstić information content (AvgIpc) is 2.49. The van der Waals surface area contributed by atoms with Gasteiger partial charge in [0, 0.05) is 12.6 Å². The second-order valence-electron chi connectivity index (χ2n) is 6.55. The number of benzene rings is 1. The highest BCUT2D eigenvalue weighted by Crippen LogP contribution is 2.23. The second kappa shape index (κ2) is 8.54. The molecule has 1 unspecified atom stereocenters. The number of ether oxygens (including phenoxy) is 2. The molecule has 1 heterocycles. The van der Waals surface area contributed by atoms with Gasteiger partial charge in [-0.3, -0.25) is 4.90 Å². The average molecular weight is 305 g/mol. The first-order valence-corrected chi connectivity index (χ1v) is 8.60. The van der Waals surface area contributed by atoms with Crippen LogP contribution in [-0.4, -0.2) is 43.9 Å². The number of likely N-dealkylation sites (tertiary alicyclic amines) is 1. The van der Waals surface area contributed by atoms with Gasteiger partial charge in [-0.05, 0) is 69.8 Å². The number of nitrogens with zero attached hydrogens (tertiary/aromatic N) is 1. The van der Waals surface area contributed by atoms with Crippen LogP contribution in [0.25, 0.3) is 0 Å². The Morgan fingerprint density at radius 1 is 1.09 bits per heavy atom. The van der Waals surface area contributed by atoms with Crippen LogP contribution in [0.15, 0.2) is 12.1 Å². The highest BCUT2D eigenvalue weighted by molar-refractivity contribution is 5.41. The molecule has 0 N–H and O–H groups in total. The van der Waals surface area contributed by atoms with Crippen molar-refractivity contribution in [3.8, 4) is 5.75 Å². The molecule has 1 aliphatic heterocycles. The van der Waals surface area contributed by atoms with E-state index in [4.69, 9.17) is 9.47 Å². The van der Waals surface area contributed by atoms with Gasteiger partial charge in [-0.2, -0.15) is 0 Å². The molecule has 22 heavy (non-hydrogen) atoms. The van der Waals surface area contributed by atoms with Crippen LogP contribution >= 0.6 is 0 Å². The number of piperidine rings is 1. The number of hydrogen-bond acceptors (Lipinski definition) is 3. The molecule has 0 bridgehead atoms. The van der Waals surface area contributed by atoms with E-state index >= 15 is 0 Å². The summed E-state index contributed by atoms with van der Waals surface area (Å²) in [6.07, 6.45) is 4.04. The smallest absolute Gasteiger partial charge is 0.122 e. The lowest BCUT2D eigenvalue weighted by molar-refractivity contribution is 0.0609. The molecule has 2 rings (SSSR count). The summed E-state index contributed by atoms with van der Waals surface area (Å²) < 4.78 is 11.6. The Kier molecular flexibility index (Phi) is 6.71. The molecule has 124 valence electrons. The molecule has 0 aliphatic carbocycles. The summed E-state index contributed by atoms with van der Waals surface area (Å²) in [6.45, 7) is 13.0. The van der Waals surface area contributed by atoms with Gasteiger partial charge in [-0.1, -0.05) is 12.5 Å². The van der Waals surface area contributed by atoms with Crippen molar-refractivity contribution in [2.24, 2.45) is 0 Å². The van der Waals surface area contributed by atoms with Crippen LogP contribution in [0.3, 0.4) is 0 Å². The fourth-order valence-corrected chi connectivity index (χ4v) is 3.13. The van der Waals surface area contributed by atoms with Crippen LogP contribution in [0.2, 0.25) is 0 Å². The van der Waals surface area contributed by atoms with Gasteiger partial charge in [-0.15, -0.1) is 0 Å². The standard InChI is InChI=1S/C19H31NO2/c1-15-13-16(2)18(4)19(14-15)22-12-11-21-10-9-20-8-6-5-7-17(20)3/h13-14,17H,5-12H2,1-4H3. The first kappa shape index (κ1) is 17.3. The van der Waals surface area contributed by atoms with Crippen LogP contribution in [0.5, 0.6) is 5.75 Å². The highest BCUT2D eigenvalue weighted by Gasteiger charge is 2.17. The molecule has 0 saturated carbocycles. The van der Waals surface area contributed by atoms with E-state index in [0.29, 0.717) is 19.3 Å². The molecule has 1 aromatic carbocycles. The highest BCUT2D eigenvalue weighted by atomic mass is 16.5. The zero-order chi connectivity index (χ0) is 15.9. The Labute approximate surface area is 135 Å². The van der Waals surface area contributed by atoms with E-state index in [0.717, 1.165) is 18.9 Å². The van der Waals surface area contributed by atoms with Crippen molar-refractivity contribution in [3.63, 3.8) is 0 Å². The van der Waals surface area contributed by atoms with Crippen LogP contribution in [0.4, 0.5) is 0 Å². The monoisotopic (exact) mass is 305 g/mol. The van der Waals surface area contributed by atoms with E-state index in [-0.39, 0.29) is 0 Å². The Morgan fingerprint density at radius 3 is 2.68 bits per heavy atom. The molecule has 1 aromatic rings. The normalized spacial score (nSPS) is 19.4. The summed E-state index contributed by atoms with van der Waals surface area (Å²) in [6, 6.07) is 5.02. The SMILES string of the molecule is Cc1cc(C)c(C)c(OCCOCCN2CCCCC2C)c1. The molecule has 1 fully saturated rings. The summed E-state index contributed by atoms with van der Waals surface area (Å²) in [5, 5.41) is 0. The van der Waals surface area contributed by atoms with Crippen molar-refractivity contribution in [1.29, 1.82) is 0 Å². The van der Waals surface area contributed by atoms with E-state index in [2.05, 4.69) is 44.7 Å². The number of aryl methyl sites for hydroxylation is 2. The molecule has 0 radical (unpaired) electrons. The van der Waals surface area contributed by atoms with Crippen molar-refractivity contribution in [1.82, 2.24) is 4.90 Å². The largest absolute Gasteiger partial charge is 0.491 e. The number of hydrogen-bond donors (Lipinski definition) is 0. The Bertz CT molecular complexity index is 473. The van der Waals surface area contributed by atoms with Crippen LogP contribution in [-0.2, 0) is 4.74 Å². The van der Waals surface area contributed by atoms with Gasteiger partial charge in [0.25, 0.3) is 0 Å². The van der Waals surface area contributed by atoms with E-state index in [1.54, 1.807) is 0 Å². The van der Waals surface area contributed by atoms with Crippen LogP contribution < -0.4 is 4.74 Å². The fourth-order valence-electron chi connectivity index (χ4n) is 3.13. The summed E-state index contributed by atoms with van der Waals surface area (Å²) >= 11 is 0. The Hall–Kier alpha value is -1.06. The molecule has 3 heteroatoms. The second-order valence-corrected chi connectivity index (χ2v) is 6.55. The fraction of sp³-hybridized carbons (Fsp3) is 0.684. The maximum atomic E-state index is 5.87. The van der Waals surface area contributed by atoms with Gasteiger partial charge in [0.1, 0.15) is 12.4 Å². The van der Waals surface area contributed by atoms with Gasteiger partial charge in [-0.25, -0.2) is 0 Å². The van der Waals surface area contributed by atoms with Crippen LogP contribution in [0.1, 0.15) is 42.9 Å². The zero-order valence-corrected chi connectivity index (χ0v) is 14.7. The van der Waals surface area contributed by atoms with Crippen molar-refractivity contribution in [2.45, 2.75) is 53.0 Å². The van der Waals surface area contributed by atoms with Crippen LogP contribution in [0, 0.1) is 20.8 Å². The molecule has 0 spiro atoms. The van der Waals surface area contributed by atoms with Gasteiger partial charge >= 0.3 is 0 Å². The molecular weight excluding hydrogens is 274 g/mol. The minimum Gasteiger partial charge on any atom is -0.491 e. The van der Waals surface area contributed by atoms with E-state index in [1.165, 1.54) is 42.5 Å². The topological polar surface area (TPSA) is 21.7 Å². The molecule has 1 atom stereocenters. The third kappa shape index (κ3) is 4.99. The molecule has 1 aliphatic rings. The van der Waals surface area contributed by atoms with Crippen molar-refractivity contribution >= 4 is 0 Å². The minimum atomic E-state index is 0.624. The van der Waals surface area contributed by atoms with Gasteiger partial charge < -0.3 is 9.47 Å². The predicted octanol–water partition coefficient (Wildman–Crippen LogP) is 3.88. The Balaban J connectivity index is 1.63. The minimum absolute atomic E-state index is 0.624. The lowest BCUT2D eigenvalue weighted by Gasteiger charge is -2.33. The van der Waals surface area contributed by atoms with E-state index < -0.39 is 0 Å². The van der Waals surface area contributed by atoms with Crippen molar-refractivity contribution in [3.05, 3.63) is 28.8 Å². The molecule has 0 aromatic heterocycles. The number of rotatable bonds is 7. The van der Waals surface area contributed by atoms with Gasteiger partial charge in [0.15, 0.2) is 0 Å². The third-order valence-electron chi connectivity index (χ3n) is 4.71. The maximum absolute atomic E-state index is 5.87.